The number of rotatable bonds is 2. The zero-order chi connectivity index (χ0) is 19.0. The second-order valence-corrected chi connectivity index (χ2v) is 6.44. The molecule has 0 fully saturated rings. The average Bonchev–Trinajstić information content (AvgIpc) is 2.68. The second kappa shape index (κ2) is 6.57. The van der Waals surface area contributed by atoms with E-state index in [0.717, 1.165) is 27.7 Å². The van der Waals surface area contributed by atoms with E-state index < -0.39 is 5.97 Å². The van der Waals surface area contributed by atoms with Crippen LogP contribution in [0.4, 0.5) is 11.4 Å². The summed E-state index contributed by atoms with van der Waals surface area (Å²) in [5.74, 6) is -0.948. The fraction of sp³-hybridized carbons (Fsp3) is 0.0435. The molecule has 0 amide bonds. The van der Waals surface area contributed by atoms with E-state index in [1.807, 2.05) is 66.6 Å². The van der Waals surface area contributed by atoms with Gasteiger partial charge < -0.3 is 10.0 Å². The Morgan fingerprint density at radius 2 is 1.70 bits per heavy atom. The molecule has 0 saturated carbocycles. The largest absolute Gasteiger partial charge is 0.478 e. The molecule has 27 heavy (non-hydrogen) atoms. The SMILES string of the molecule is CN1c2ccccc2C(C(=O)O)=c2ccc(=CC=C3C=CC(=O)C=C3)cc21. The molecular weight excluding hydrogens is 338 g/mol. The number of nitrogens with zero attached hydrogens (tertiary/aromatic N) is 1. The highest BCUT2D eigenvalue weighted by Crippen LogP contribution is 2.32. The van der Waals surface area contributed by atoms with Crippen LogP contribution in [0.5, 0.6) is 0 Å². The van der Waals surface area contributed by atoms with Crippen LogP contribution in [0.3, 0.4) is 0 Å². The monoisotopic (exact) mass is 355 g/mol. The summed E-state index contributed by atoms with van der Waals surface area (Å²) in [4.78, 5) is 25.1. The maximum atomic E-state index is 11.9. The number of aliphatic carboxylic acids is 1. The molecule has 0 spiro atoms. The van der Waals surface area contributed by atoms with Crippen molar-refractivity contribution in [3.05, 3.63) is 94.4 Å². The highest BCUT2D eigenvalue weighted by Gasteiger charge is 2.24. The van der Waals surface area contributed by atoms with E-state index >= 15 is 0 Å². The lowest BCUT2D eigenvalue weighted by molar-refractivity contribution is -0.130. The highest BCUT2D eigenvalue weighted by atomic mass is 16.4. The van der Waals surface area contributed by atoms with Gasteiger partial charge in [-0.15, -0.1) is 0 Å². The molecule has 4 heteroatoms. The van der Waals surface area contributed by atoms with E-state index in [2.05, 4.69) is 0 Å². The van der Waals surface area contributed by atoms with Crippen LogP contribution in [-0.4, -0.2) is 23.9 Å². The summed E-state index contributed by atoms with van der Waals surface area (Å²) in [6.07, 6.45) is 10.5. The molecule has 0 unspecified atom stereocenters. The van der Waals surface area contributed by atoms with Crippen LogP contribution in [0.2, 0.25) is 0 Å². The highest BCUT2D eigenvalue weighted by molar-refractivity contribution is 6.18. The van der Waals surface area contributed by atoms with Crippen LogP contribution in [0, 0.1) is 0 Å². The maximum Gasteiger partial charge on any atom is 0.337 e. The molecule has 0 atom stereocenters. The minimum atomic E-state index is -0.933. The predicted octanol–water partition coefficient (Wildman–Crippen LogP) is 2.45. The number of carboxylic acids is 1. The van der Waals surface area contributed by atoms with Gasteiger partial charge in [-0.1, -0.05) is 54.6 Å². The summed E-state index contributed by atoms with van der Waals surface area (Å²) in [5, 5.41) is 11.4. The summed E-state index contributed by atoms with van der Waals surface area (Å²) < 4.78 is 0. The summed E-state index contributed by atoms with van der Waals surface area (Å²) >= 11 is 0. The van der Waals surface area contributed by atoms with Gasteiger partial charge in [-0.05, 0) is 35.1 Å². The van der Waals surface area contributed by atoms with E-state index in [0.29, 0.717) is 10.8 Å². The Balaban J connectivity index is 1.88. The molecule has 1 aliphatic heterocycles. The van der Waals surface area contributed by atoms with Crippen molar-refractivity contribution in [2.24, 2.45) is 0 Å². The van der Waals surface area contributed by atoms with Crippen molar-refractivity contribution < 1.29 is 14.7 Å². The van der Waals surface area contributed by atoms with E-state index in [9.17, 15) is 14.7 Å². The number of carbonyl (C=O) groups excluding carboxylic acids is 1. The topological polar surface area (TPSA) is 57.6 Å². The lowest BCUT2D eigenvalue weighted by atomic mass is 9.95. The Morgan fingerprint density at radius 3 is 2.44 bits per heavy atom. The third kappa shape index (κ3) is 3.02. The first-order valence-corrected chi connectivity index (χ1v) is 8.57. The fourth-order valence-electron chi connectivity index (χ4n) is 3.40. The van der Waals surface area contributed by atoms with Crippen LogP contribution in [-0.2, 0) is 9.59 Å². The molecule has 0 saturated heterocycles. The molecule has 4 rings (SSSR count). The zero-order valence-electron chi connectivity index (χ0n) is 14.7. The van der Waals surface area contributed by atoms with Crippen molar-refractivity contribution in [2.45, 2.75) is 0 Å². The number of fused-ring (bicyclic) bond motifs is 2. The number of para-hydroxylation sites is 1. The Morgan fingerprint density at radius 1 is 0.963 bits per heavy atom. The third-order valence-electron chi connectivity index (χ3n) is 4.75. The van der Waals surface area contributed by atoms with Gasteiger partial charge in [0.05, 0.1) is 5.57 Å². The van der Waals surface area contributed by atoms with E-state index in [1.165, 1.54) is 12.2 Å². The zero-order valence-corrected chi connectivity index (χ0v) is 14.7. The van der Waals surface area contributed by atoms with Gasteiger partial charge in [0, 0.05) is 29.2 Å². The van der Waals surface area contributed by atoms with Crippen LogP contribution >= 0.6 is 0 Å². The number of carboxylic acid groups (broad SMARTS) is 1. The second-order valence-electron chi connectivity index (χ2n) is 6.44. The molecule has 132 valence electrons. The lowest BCUT2D eigenvalue weighted by Crippen LogP contribution is -2.30. The molecule has 1 N–H and O–H groups in total. The van der Waals surface area contributed by atoms with Gasteiger partial charge in [-0.2, -0.15) is 0 Å². The first-order chi connectivity index (χ1) is 13.0. The van der Waals surface area contributed by atoms with E-state index in [4.69, 9.17) is 0 Å². The maximum absolute atomic E-state index is 11.9. The van der Waals surface area contributed by atoms with Crippen molar-refractivity contribution in [3.63, 3.8) is 0 Å². The van der Waals surface area contributed by atoms with Gasteiger partial charge in [0.1, 0.15) is 0 Å². The first-order valence-electron chi connectivity index (χ1n) is 8.57. The summed E-state index contributed by atoms with van der Waals surface area (Å²) in [6, 6.07) is 13.3. The van der Waals surface area contributed by atoms with Crippen molar-refractivity contribution in [1.82, 2.24) is 0 Å². The van der Waals surface area contributed by atoms with Gasteiger partial charge >= 0.3 is 5.97 Å². The number of allylic oxidation sites excluding steroid dienone is 6. The third-order valence-corrected chi connectivity index (χ3v) is 4.75. The van der Waals surface area contributed by atoms with Gasteiger partial charge in [-0.3, -0.25) is 4.79 Å². The molecule has 1 aliphatic carbocycles. The van der Waals surface area contributed by atoms with Gasteiger partial charge in [0.2, 0.25) is 0 Å². The average molecular weight is 355 g/mol. The molecule has 0 bridgehead atoms. The van der Waals surface area contributed by atoms with Crippen LogP contribution in [0.1, 0.15) is 5.56 Å². The molecule has 2 aliphatic rings. The van der Waals surface area contributed by atoms with E-state index in [1.54, 1.807) is 12.2 Å². The van der Waals surface area contributed by atoms with Crippen molar-refractivity contribution >= 4 is 34.8 Å². The normalized spacial score (nSPS) is 15.7. The smallest absolute Gasteiger partial charge is 0.337 e. The number of hydrogen-bond acceptors (Lipinski definition) is 3. The summed E-state index contributed by atoms with van der Waals surface area (Å²) in [7, 11) is 1.94. The lowest BCUT2D eigenvalue weighted by Gasteiger charge is -2.28. The molecule has 1 heterocycles. The minimum Gasteiger partial charge on any atom is -0.478 e. The number of anilines is 2. The van der Waals surface area contributed by atoms with Gasteiger partial charge in [-0.25, -0.2) is 4.79 Å². The number of carbonyl (C=O) groups is 2. The first kappa shape index (κ1) is 16.8. The fourth-order valence-corrected chi connectivity index (χ4v) is 3.40. The minimum absolute atomic E-state index is 0.0158. The van der Waals surface area contributed by atoms with E-state index in [-0.39, 0.29) is 5.78 Å². The molecule has 2 aromatic carbocycles. The quantitative estimate of drug-likeness (QED) is 0.899. The van der Waals surface area contributed by atoms with Crippen molar-refractivity contribution in [3.8, 4) is 0 Å². The van der Waals surface area contributed by atoms with Crippen LogP contribution < -0.4 is 15.3 Å². The standard InChI is InChI=1S/C23H17NO3/c1-24-20-5-3-2-4-18(20)22(23(26)27)19-13-10-16(14-21(19)24)7-6-15-8-11-17(25)12-9-15/h2-14H,1H3,(H,26,27). The number of hydrogen-bond donors (Lipinski definition) is 1. The molecule has 0 aromatic heterocycles. The summed E-state index contributed by atoms with van der Waals surface area (Å²) in [6.45, 7) is 0. The Kier molecular flexibility index (Phi) is 4.09. The number of ketones is 1. The molecular formula is C23H17NO3. The Labute approximate surface area is 156 Å². The Bertz CT molecular complexity index is 1160. The predicted molar refractivity (Wildman–Crippen MR) is 106 cm³/mol. The molecule has 0 radical (unpaired) electrons. The van der Waals surface area contributed by atoms with Crippen molar-refractivity contribution in [1.29, 1.82) is 0 Å². The van der Waals surface area contributed by atoms with Crippen molar-refractivity contribution in [2.75, 3.05) is 11.9 Å². The van der Waals surface area contributed by atoms with Crippen LogP contribution in [0.15, 0.2) is 78.4 Å². The van der Waals surface area contributed by atoms with Gasteiger partial charge in [0.15, 0.2) is 5.78 Å². The van der Waals surface area contributed by atoms with Crippen LogP contribution in [0.25, 0.3) is 11.6 Å². The molecule has 4 nitrogen and oxygen atoms in total. The molecule has 2 aromatic rings. The van der Waals surface area contributed by atoms with Gasteiger partial charge in [0.25, 0.3) is 0 Å². The Hall–Kier alpha value is -3.66. The number of benzene rings is 2. The summed E-state index contributed by atoms with van der Waals surface area (Å²) in [5.41, 5.74) is 3.70.